The van der Waals surface area contributed by atoms with Crippen molar-refractivity contribution < 1.29 is 42.7 Å². The van der Waals surface area contributed by atoms with Gasteiger partial charge in [0.25, 0.3) is 17.7 Å². The first-order chi connectivity index (χ1) is 17.1. The Morgan fingerprint density at radius 2 is 1.72 bits per heavy atom. The van der Waals surface area contributed by atoms with Gasteiger partial charge in [-0.25, -0.2) is 9.59 Å². The van der Waals surface area contributed by atoms with E-state index < -0.39 is 41.2 Å². The molecule has 36 heavy (non-hydrogen) atoms. The van der Waals surface area contributed by atoms with Crippen LogP contribution in [0.1, 0.15) is 43.0 Å². The Hall–Kier alpha value is -3.93. The largest absolute Gasteiger partial charge is 0.456 e. The second kappa shape index (κ2) is 10.4. The molecule has 0 saturated carbocycles. The van der Waals surface area contributed by atoms with E-state index >= 15 is 0 Å². The molecule has 3 heterocycles. The number of benzene rings is 1. The number of likely N-dealkylation sites (tertiary alicyclic amines) is 1. The third-order valence-electron chi connectivity index (χ3n) is 5.80. The molecule has 2 fully saturated rings. The highest BCUT2D eigenvalue weighted by Gasteiger charge is 2.36. The highest BCUT2D eigenvalue weighted by atomic mass is 35.5. The Balaban J connectivity index is 1.41. The molecule has 4 rings (SSSR count). The molecule has 0 bridgehead atoms. The molecule has 0 radical (unpaired) electrons. The van der Waals surface area contributed by atoms with Gasteiger partial charge in [0.2, 0.25) is 6.79 Å². The summed E-state index contributed by atoms with van der Waals surface area (Å²) in [7, 11) is 0. The average Bonchev–Trinajstić information content (AvgIpc) is 3.16. The van der Waals surface area contributed by atoms with Gasteiger partial charge in [-0.2, -0.15) is 0 Å². The van der Waals surface area contributed by atoms with Crippen molar-refractivity contribution in [2.24, 2.45) is 5.92 Å². The summed E-state index contributed by atoms with van der Waals surface area (Å²) in [6.45, 7) is 1.15. The fourth-order valence-electron chi connectivity index (χ4n) is 3.87. The van der Waals surface area contributed by atoms with Crippen LogP contribution in [0.15, 0.2) is 27.4 Å². The zero-order valence-electron chi connectivity index (χ0n) is 19.1. The third-order valence-corrected chi connectivity index (χ3v) is 6.09. The summed E-state index contributed by atoms with van der Waals surface area (Å²) in [5.41, 5.74) is -0.957. The van der Waals surface area contributed by atoms with Crippen LogP contribution in [0.3, 0.4) is 0 Å². The van der Waals surface area contributed by atoms with E-state index in [2.05, 4.69) is 0 Å². The number of hydrogen-bond donors (Lipinski definition) is 0. The van der Waals surface area contributed by atoms with Crippen molar-refractivity contribution in [3.05, 3.63) is 39.2 Å². The Kier molecular flexibility index (Phi) is 7.25. The minimum Gasteiger partial charge on any atom is -0.456 e. The molecule has 13 heteroatoms. The monoisotopic (exact) mass is 520 g/mol. The fourth-order valence-corrected chi connectivity index (χ4v) is 4.09. The molecule has 0 atom stereocenters. The van der Waals surface area contributed by atoms with Gasteiger partial charge in [0.05, 0.1) is 10.9 Å². The number of rotatable bonds is 6. The van der Waals surface area contributed by atoms with Gasteiger partial charge >= 0.3 is 17.6 Å². The molecule has 2 aliphatic rings. The fraction of sp³-hybridized carbons (Fsp3) is 0.391. The SMILES string of the molecule is CC(=O)OCOc1cc2oc(=O)c(C(=O)N3CCC(C(=O)ON4C(=O)CCC4=O)CC3)cc2cc1Cl. The number of imide groups is 1. The van der Waals surface area contributed by atoms with Crippen molar-refractivity contribution >= 4 is 52.2 Å². The molecular formula is C23H21ClN2O10. The summed E-state index contributed by atoms with van der Waals surface area (Å²) in [5.74, 6) is -3.43. The van der Waals surface area contributed by atoms with Gasteiger partial charge in [-0.05, 0) is 25.0 Å². The number of hydroxylamine groups is 2. The van der Waals surface area contributed by atoms with Crippen molar-refractivity contribution in [2.75, 3.05) is 19.9 Å². The van der Waals surface area contributed by atoms with Crippen LogP contribution in [-0.2, 0) is 28.8 Å². The van der Waals surface area contributed by atoms with E-state index in [1.165, 1.54) is 30.0 Å². The average molecular weight is 521 g/mol. The Bertz CT molecular complexity index is 1300. The molecule has 0 spiro atoms. The zero-order valence-corrected chi connectivity index (χ0v) is 19.9. The van der Waals surface area contributed by atoms with E-state index in [9.17, 15) is 28.8 Å². The lowest BCUT2D eigenvalue weighted by molar-refractivity contribution is -0.201. The van der Waals surface area contributed by atoms with Crippen LogP contribution in [0.5, 0.6) is 5.75 Å². The van der Waals surface area contributed by atoms with Crippen LogP contribution < -0.4 is 10.4 Å². The molecule has 0 unspecified atom stereocenters. The van der Waals surface area contributed by atoms with Crippen molar-refractivity contribution in [1.29, 1.82) is 0 Å². The first-order valence-electron chi connectivity index (χ1n) is 11.0. The molecule has 1 aromatic carbocycles. The number of halogens is 1. The second-order valence-corrected chi connectivity index (χ2v) is 8.63. The summed E-state index contributed by atoms with van der Waals surface area (Å²) in [6, 6.07) is 4.16. The molecule has 0 aliphatic carbocycles. The molecule has 2 aromatic rings. The van der Waals surface area contributed by atoms with Gasteiger partial charge < -0.3 is 23.6 Å². The topological polar surface area (TPSA) is 150 Å². The maximum atomic E-state index is 13.0. The van der Waals surface area contributed by atoms with Gasteiger partial charge in [0.15, 0.2) is 0 Å². The lowest BCUT2D eigenvalue weighted by Crippen LogP contribution is -2.43. The summed E-state index contributed by atoms with van der Waals surface area (Å²) < 4.78 is 15.2. The van der Waals surface area contributed by atoms with E-state index in [0.29, 0.717) is 10.4 Å². The van der Waals surface area contributed by atoms with Crippen molar-refractivity contribution in [3.63, 3.8) is 0 Å². The second-order valence-electron chi connectivity index (χ2n) is 8.22. The summed E-state index contributed by atoms with van der Waals surface area (Å²) in [6.07, 6.45) is 0.464. The van der Waals surface area contributed by atoms with E-state index in [0.717, 1.165) is 0 Å². The van der Waals surface area contributed by atoms with Gasteiger partial charge in [0.1, 0.15) is 16.9 Å². The number of carbonyl (C=O) groups is 5. The van der Waals surface area contributed by atoms with Gasteiger partial charge in [-0.3, -0.25) is 19.2 Å². The standard InChI is InChI=1S/C23H21ClN2O10/c1-12(27)33-11-34-18-10-17-14(9-16(18)24)8-15(23(32)35-17)21(30)25-6-4-13(5-7-25)22(31)36-26-19(28)2-3-20(26)29/h8-10,13H,2-7,11H2,1H3. The number of esters is 1. The maximum absolute atomic E-state index is 13.0. The number of fused-ring (bicyclic) bond motifs is 1. The van der Waals surface area contributed by atoms with E-state index in [1.54, 1.807) is 0 Å². The molecular weight excluding hydrogens is 500 g/mol. The molecule has 190 valence electrons. The molecule has 2 aliphatic heterocycles. The Labute approximate surface area is 208 Å². The molecule has 2 saturated heterocycles. The minimum absolute atomic E-state index is 0.00122. The quantitative estimate of drug-likeness (QED) is 0.239. The normalized spacial score (nSPS) is 16.4. The summed E-state index contributed by atoms with van der Waals surface area (Å²) in [5, 5.41) is 1.02. The van der Waals surface area contributed by atoms with Gasteiger partial charge in [-0.1, -0.05) is 11.6 Å². The predicted octanol–water partition coefficient (Wildman–Crippen LogP) is 1.81. The van der Waals surface area contributed by atoms with E-state index in [4.69, 9.17) is 30.3 Å². The Morgan fingerprint density at radius 3 is 2.36 bits per heavy atom. The molecule has 3 amide bonds. The number of piperidine rings is 1. The van der Waals surface area contributed by atoms with Crippen molar-refractivity contribution in [3.8, 4) is 5.75 Å². The molecule has 1 aromatic heterocycles. The van der Waals surface area contributed by atoms with Gasteiger partial charge in [0, 0.05) is 44.3 Å². The highest BCUT2D eigenvalue weighted by molar-refractivity contribution is 6.32. The predicted molar refractivity (Wildman–Crippen MR) is 121 cm³/mol. The summed E-state index contributed by atoms with van der Waals surface area (Å²) >= 11 is 6.19. The van der Waals surface area contributed by atoms with Crippen LogP contribution >= 0.6 is 11.6 Å². The zero-order chi connectivity index (χ0) is 26.0. The smallest absolute Gasteiger partial charge is 0.349 e. The van der Waals surface area contributed by atoms with Gasteiger partial charge in [-0.15, -0.1) is 5.06 Å². The first kappa shape index (κ1) is 25.2. The van der Waals surface area contributed by atoms with Crippen LogP contribution in [0, 0.1) is 5.92 Å². The number of amides is 3. The van der Waals surface area contributed by atoms with Crippen molar-refractivity contribution in [2.45, 2.75) is 32.6 Å². The van der Waals surface area contributed by atoms with Crippen LogP contribution in [0.2, 0.25) is 5.02 Å². The number of carbonyl (C=O) groups excluding carboxylic acids is 5. The number of nitrogens with zero attached hydrogens (tertiary/aromatic N) is 2. The summed E-state index contributed by atoms with van der Waals surface area (Å²) in [4.78, 5) is 78.4. The maximum Gasteiger partial charge on any atom is 0.349 e. The van der Waals surface area contributed by atoms with E-state index in [1.807, 2.05) is 0 Å². The highest BCUT2D eigenvalue weighted by Crippen LogP contribution is 2.30. The Morgan fingerprint density at radius 1 is 1.06 bits per heavy atom. The molecule has 0 N–H and O–H groups in total. The lowest BCUT2D eigenvalue weighted by atomic mass is 9.96. The van der Waals surface area contributed by atoms with Crippen molar-refractivity contribution in [1.82, 2.24) is 9.96 Å². The molecule has 12 nitrogen and oxygen atoms in total. The minimum atomic E-state index is -0.867. The van der Waals surface area contributed by atoms with Crippen LogP contribution in [-0.4, -0.2) is 59.5 Å². The van der Waals surface area contributed by atoms with E-state index in [-0.39, 0.29) is 67.5 Å². The number of hydrogen-bond acceptors (Lipinski definition) is 10. The third kappa shape index (κ3) is 5.33. The van der Waals surface area contributed by atoms with Crippen LogP contribution in [0.4, 0.5) is 0 Å². The number of ether oxygens (including phenoxy) is 2. The van der Waals surface area contributed by atoms with Crippen LogP contribution in [0.25, 0.3) is 11.0 Å². The lowest BCUT2D eigenvalue weighted by Gasteiger charge is -2.31. The first-order valence-corrected chi connectivity index (χ1v) is 11.4.